The lowest BCUT2D eigenvalue weighted by Crippen LogP contribution is -2.25. The zero-order valence-corrected chi connectivity index (χ0v) is 14.7. The molecule has 1 heterocycles. The lowest BCUT2D eigenvalue weighted by atomic mass is 10.1. The number of amides is 1. The van der Waals surface area contributed by atoms with Crippen molar-refractivity contribution in [3.05, 3.63) is 70.5 Å². The van der Waals surface area contributed by atoms with E-state index in [1.807, 2.05) is 24.3 Å². The van der Waals surface area contributed by atoms with Crippen LogP contribution in [0.1, 0.15) is 12.5 Å². The fourth-order valence-electron chi connectivity index (χ4n) is 2.21. The summed E-state index contributed by atoms with van der Waals surface area (Å²) in [4.78, 5) is 22.0. The van der Waals surface area contributed by atoms with Crippen molar-refractivity contribution in [3.8, 4) is 11.4 Å². The molecule has 11 heteroatoms. The van der Waals surface area contributed by atoms with Crippen LogP contribution < -0.4 is 10.2 Å². The topological polar surface area (TPSA) is 137 Å². The molecule has 0 bridgehead atoms. The maximum Gasteiger partial charge on any atom is 0.277 e. The van der Waals surface area contributed by atoms with Gasteiger partial charge in [-0.2, -0.15) is 5.10 Å². The molecule has 142 valence electrons. The molecule has 0 spiro atoms. The highest BCUT2D eigenvalue weighted by atomic mass is 16.6. The number of non-ortho nitro benzene ring substituents is 1. The molecule has 0 saturated heterocycles. The normalized spacial score (nSPS) is 11.1. The predicted octanol–water partition coefficient (Wildman–Crippen LogP) is 1.49. The van der Waals surface area contributed by atoms with Crippen LogP contribution >= 0.6 is 0 Å². The second kappa shape index (κ2) is 8.49. The summed E-state index contributed by atoms with van der Waals surface area (Å²) in [5, 5.41) is 25.7. The Morgan fingerprint density at radius 2 is 2.07 bits per heavy atom. The molecule has 1 amide bonds. The summed E-state index contributed by atoms with van der Waals surface area (Å²) in [5.41, 5.74) is 4.47. The van der Waals surface area contributed by atoms with Gasteiger partial charge < -0.3 is 4.74 Å². The van der Waals surface area contributed by atoms with Crippen molar-refractivity contribution in [1.29, 1.82) is 0 Å². The van der Waals surface area contributed by atoms with Crippen LogP contribution in [0.15, 0.2) is 60.0 Å². The van der Waals surface area contributed by atoms with E-state index in [0.29, 0.717) is 11.5 Å². The van der Waals surface area contributed by atoms with Crippen LogP contribution in [0.2, 0.25) is 0 Å². The molecule has 3 rings (SSSR count). The summed E-state index contributed by atoms with van der Waals surface area (Å²) in [6.45, 7) is 1.47. The van der Waals surface area contributed by atoms with E-state index in [-0.39, 0.29) is 12.3 Å². The van der Waals surface area contributed by atoms with E-state index < -0.39 is 10.8 Å². The van der Waals surface area contributed by atoms with Gasteiger partial charge in [0.25, 0.3) is 11.6 Å². The molecule has 1 aromatic heterocycles. The Bertz CT molecular complexity index is 1000. The summed E-state index contributed by atoms with van der Waals surface area (Å²) < 4.78 is 6.79. The minimum Gasteiger partial charge on any atom is -0.484 e. The van der Waals surface area contributed by atoms with Crippen LogP contribution in [0.3, 0.4) is 0 Å². The summed E-state index contributed by atoms with van der Waals surface area (Å²) in [6.07, 6.45) is 1.48. The molecule has 0 aliphatic rings. The predicted molar refractivity (Wildman–Crippen MR) is 98.1 cm³/mol. The number of tetrazole rings is 1. The van der Waals surface area contributed by atoms with Gasteiger partial charge in [-0.1, -0.05) is 12.1 Å². The molecule has 0 saturated carbocycles. The summed E-state index contributed by atoms with van der Waals surface area (Å²) in [6, 6.07) is 12.8. The molecule has 0 aliphatic heterocycles. The highest BCUT2D eigenvalue weighted by Crippen LogP contribution is 2.17. The van der Waals surface area contributed by atoms with Gasteiger partial charge in [0.2, 0.25) is 0 Å². The molecule has 11 nitrogen and oxygen atoms in total. The zero-order valence-electron chi connectivity index (χ0n) is 14.7. The van der Waals surface area contributed by atoms with Crippen LogP contribution in [0.25, 0.3) is 5.69 Å². The average molecular weight is 381 g/mol. The van der Waals surface area contributed by atoms with E-state index in [2.05, 4.69) is 26.1 Å². The van der Waals surface area contributed by atoms with Crippen molar-refractivity contribution in [2.24, 2.45) is 5.10 Å². The molecule has 1 N–H and O–H groups in total. The van der Waals surface area contributed by atoms with E-state index in [9.17, 15) is 14.9 Å². The largest absolute Gasteiger partial charge is 0.484 e. The van der Waals surface area contributed by atoms with Gasteiger partial charge in [0.15, 0.2) is 6.61 Å². The number of hydrogen-bond acceptors (Lipinski definition) is 8. The summed E-state index contributed by atoms with van der Waals surface area (Å²) in [7, 11) is 0. The number of hydrazone groups is 1. The molecule has 0 fully saturated rings. The van der Waals surface area contributed by atoms with Crippen molar-refractivity contribution in [2.45, 2.75) is 6.92 Å². The second-order valence-corrected chi connectivity index (χ2v) is 5.58. The number of rotatable bonds is 7. The van der Waals surface area contributed by atoms with Gasteiger partial charge in [-0.25, -0.2) is 10.1 Å². The number of ether oxygens (including phenoxy) is 1. The Labute approximate surface area is 158 Å². The minimum absolute atomic E-state index is 0.0547. The van der Waals surface area contributed by atoms with Gasteiger partial charge in [-0.3, -0.25) is 14.9 Å². The van der Waals surface area contributed by atoms with Crippen LogP contribution in [-0.2, 0) is 4.79 Å². The number of aromatic nitrogens is 4. The number of nitro groups is 1. The summed E-state index contributed by atoms with van der Waals surface area (Å²) >= 11 is 0. The Morgan fingerprint density at radius 1 is 1.29 bits per heavy atom. The lowest BCUT2D eigenvalue weighted by Gasteiger charge is -2.06. The third-order valence-corrected chi connectivity index (χ3v) is 3.64. The lowest BCUT2D eigenvalue weighted by molar-refractivity contribution is -0.384. The van der Waals surface area contributed by atoms with E-state index in [1.165, 1.54) is 35.3 Å². The first kappa shape index (κ1) is 18.6. The van der Waals surface area contributed by atoms with Gasteiger partial charge in [-0.05, 0) is 47.2 Å². The molecule has 0 radical (unpaired) electrons. The van der Waals surface area contributed by atoms with Crippen molar-refractivity contribution in [3.63, 3.8) is 0 Å². The second-order valence-electron chi connectivity index (χ2n) is 5.58. The average Bonchev–Trinajstić information content (AvgIpc) is 3.26. The fourth-order valence-corrected chi connectivity index (χ4v) is 2.21. The number of carbonyl (C=O) groups excluding carboxylic acids is 1. The molecule has 0 unspecified atom stereocenters. The van der Waals surface area contributed by atoms with Crippen molar-refractivity contribution < 1.29 is 14.5 Å². The maximum absolute atomic E-state index is 11.9. The van der Waals surface area contributed by atoms with Crippen molar-refractivity contribution in [2.75, 3.05) is 6.61 Å². The van der Waals surface area contributed by atoms with E-state index >= 15 is 0 Å². The van der Waals surface area contributed by atoms with Crippen LogP contribution in [0.4, 0.5) is 5.69 Å². The van der Waals surface area contributed by atoms with E-state index in [0.717, 1.165) is 11.3 Å². The molecule has 28 heavy (non-hydrogen) atoms. The van der Waals surface area contributed by atoms with Gasteiger partial charge in [0, 0.05) is 12.1 Å². The summed E-state index contributed by atoms with van der Waals surface area (Å²) in [5.74, 6) is -0.120. The number of nitrogens with one attached hydrogen (secondary N) is 1. The van der Waals surface area contributed by atoms with E-state index in [1.54, 1.807) is 6.92 Å². The molecule has 3 aromatic rings. The quantitative estimate of drug-likeness (QED) is 0.372. The minimum atomic E-state index is -0.512. The van der Waals surface area contributed by atoms with Gasteiger partial charge in [0.1, 0.15) is 12.1 Å². The van der Waals surface area contributed by atoms with Crippen LogP contribution in [-0.4, -0.2) is 43.4 Å². The highest BCUT2D eigenvalue weighted by Gasteiger charge is 2.07. The Hall–Kier alpha value is -4.15. The first-order chi connectivity index (χ1) is 13.5. The van der Waals surface area contributed by atoms with Gasteiger partial charge in [0.05, 0.1) is 16.3 Å². The fraction of sp³-hybridized carbons (Fsp3) is 0.118. The first-order valence-electron chi connectivity index (χ1n) is 8.07. The highest BCUT2D eigenvalue weighted by molar-refractivity contribution is 5.99. The van der Waals surface area contributed by atoms with E-state index in [4.69, 9.17) is 4.74 Å². The first-order valence-corrected chi connectivity index (χ1v) is 8.07. The Morgan fingerprint density at radius 3 is 2.75 bits per heavy atom. The maximum atomic E-state index is 11.9. The Balaban J connectivity index is 1.56. The number of nitrogens with zero attached hydrogens (tertiary/aromatic N) is 6. The molecule has 0 aliphatic carbocycles. The van der Waals surface area contributed by atoms with Crippen LogP contribution in [0.5, 0.6) is 5.75 Å². The van der Waals surface area contributed by atoms with Gasteiger partial charge in [-0.15, -0.1) is 5.10 Å². The third kappa shape index (κ3) is 4.72. The van der Waals surface area contributed by atoms with Gasteiger partial charge >= 0.3 is 0 Å². The standard InChI is InChI=1S/C17H15N7O4/c1-12(13-3-2-4-15(9-13)23-11-18-21-22-23)19-20-17(25)10-28-16-7-5-14(6-8-16)24(26)27/h2-9,11H,10H2,1H3,(H,20,25)/b19-12-. The number of nitro benzene ring substituents is 1. The smallest absolute Gasteiger partial charge is 0.277 e. The molecular formula is C17H15N7O4. The number of hydrogen-bond donors (Lipinski definition) is 1. The number of carbonyl (C=O) groups is 1. The zero-order chi connectivity index (χ0) is 19.9. The van der Waals surface area contributed by atoms with Crippen molar-refractivity contribution >= 4 is 17.3 Å². The molecule has 0 atom stereocenters. The SMILES string of the molecule is C/C(=N/NC(=O)COc1ccc([N+](=O)[O-])cc1)c1cccc(-n2cnnn2)c1. The third-order valence-electron chi connectivity index (χ3n) is 3.64. The van der Waals surface area contributed by atoms with Crippen molar-refractivity contribution in [1.82, 2.24) is 25.6 Å². The number of benzene rings is 2. The molecule has 2 aromatic carbocycles. The van der Waals surface area contributed by atoms with Crippen LogP contribution in [0, 0.1) is 10.1 Å². The monoisotopic (exact) mass is 381 g/mol. The Kier molecular flexibility index (Phi) is 5.65. The molecular weight excluding hydrogens is 366 g/mol.